The molecule has 67 heavy (non-hydrogen) atoms. The van der Waals surface area contributed by atoms with Crippen molar-refractivity contribution in [2.75, 3.05) is 13.2 Å². The molecule has 0 unspecified atom stereocenters. The van der Waals surface area contributed by atoms with Gasteiger partial charge in [-0.05, 0) is 122 Å². The van der Waals surface area contributed by atoms with Crippen LogP contribution in [-0.2, 0) is 28.6 Å². The second-order valence-corrected chi connectivity index (χ2v) is 17.7. The molecular weight excluding hydrogens is 829 g/mol. The number of carbonyl (C=O) groups is 3. The molecule has 0 spiro atoms. The number of esters is 3. The van der Waals surface area contributed by atoms with Gasteiger partial charge in [0.2, 0.25) is 0 Å². The smallest absolute Gasteiger partial charge is 0.306 e. The summed E-state index contributed by atoms with van der Waals surface area (Å²) in [5.41, 5.74) is 0. The van der Waals surface area contributed by atoms with Crippen LogP contribution in [0.5, 0.6) is 0 Å². The largest absolute Gasteiger partial charge is 0.462 e. The Labute approximate surface area is 412 Å². The molecule has 0 heterocycles. The average Bonchev–Trinajstić information content (AvgIpc) is 3.33. The molecule has 0 amide bonds. The minimum Gasteiger partial charge on any atom is -0.462 e. The van der Waals surface area contributed by atoms with Gasteiger partial charge in [-0.3, -0.25) is 14.4 Å². The third-order valence-electron chi connectivity index (χ3n) is 11.2. The first kappa shape index (κ1) is 63.1. The predicted molar refractivity (Wildman–Crippen MR) is 288 cm³/mol. The molecule has 0 atom stereocenters. The van der Waals surface area contributed by atoms with Crippen molar-refractivity contribution >= 4 is 17.9 Å². The quantitative estimate of drug-likeness (QED) is 0.0262. The van der Waals surface area contributed by atoms with Gasteiger partial charge in [-0.2, -0.15) is 0 Å². The fraction of sp³-hybridized carbons (Fsp3) is 0.656. The summed E-state index contributed by atoms with van der Waals surface area (Å²) >= 11 is 0. The number of ether oxygens (including phenoxy) is 3. The second-order valence-electron chi connectivity index (χ2n) is 17.7. The van der Waals surface area contributed by atoms with E-state index in [-0.39, 0.29) is 31.1 Å². The van der Waals surface area contributed by atoms with Crippen LogP contribution in [0, 0.1) is 0 Å². The predicted octanol–water partition coefficient (Wildman–Crippen LogP) is 18.3. The van der Waals surface area contributed by atoms with E-state index < -0.39 is 6.10 Å². The molecule has 0 aromatic carbocycles. The summed E-state index contributed by atoms with van der Waals surface area (Å²) in [7, 11) is 0. The van der Waals surface area contributed by atoms with Crippen molar-refractivity contribution in [2.24, 2.45) is 0 Å². The maximum absolute atomic E-state index is 12.8. The van der Waals surface area contributed by atoms with Crippen LogP contribution in [-0.4, -0.2) is 37.2 Å². The zero-order valence-corrected chi connectivity index (χ0v) is 43.4. The Balaban J connectivity index is 4.49. The van der Waals surface area contributed by atoms with Crippen molar-refractivity contribution in [3.8, 4) is 0 Å². The van der Waals surface area contributed by atoms with Gasteiger partial charge in [0.05, 0.1) is 0 Å². The number of carbonyl (C=O) groups excluding carboxylic acids is 3. The van der Waals surface area contributed by atoms with E-state index in [0.717, 1.165) is 135 Å². The highest BCUT2D eigenvalue weighted by molar-refractivity contribution is 5.71. The molecule has 0 aromatic rings. The fourth-order valence-corrected chi connectivity index (χ4v) is 7.18. The first-order chi connectivity index (χ1) is 33.0. The lowest BCUT2D eigenvalue weighted by Gasteiger charge is -2.18. The van der Waals surface area contributed by atoms with E-state index >= 15 is 0 Å². The zero-order chi connectivity index (χ0) is 48.6. The molecule has 0 aromatic heterocycles. The molecule has 0 radical (unpaired) electrons. The Kier molecular flexibility index (Phi) is 51.5. The van der Waals surface area contributed by atoms with E-state index in [1.54, 1.807) is 0 Å². The Morgan fingerprint density at radius 3 is 0.925 bits per heavy atom. The van der Waals surface area contributed by atoms with Gasteiger partial charge in [0, 0.05) is 19.3 Å². The molecule has 0 fully saturated rings. The lowest BCUT2D eigenvalue weighted by molar-refractivity contribution is -0.167. The number of unbranched alkanes of at least 4 members (excludes halogenated alkanes) is 19. The van der Waals surface area contributed by atoms with Crippen molar-refractivity contribution in [1.29, 1.82) is 0 Å². The maximum Gasteiger partial charge on any atom is 0.306 e. The fourth-order valence-electron chi connectivity index (χ4n) is 7.18. The van der Waals surface area contributed by atoms with Gasteiger partial charge < -0.3 is 14.2 Å². The van der Waals surface area contributed by atoms with Gasteiger partial charge in [0.25, 0.3) is 0 Å². The molecule has 0 aliphatic carbocycles. The van der Waals surface area contributed by atoms with E-state index in [9.17, 15) is 14.4 Å². The van der Waals surface area contributed by atoms with Crippen LogP contribution in [0.1, 0.15) is 239 Å². The lowest BCUT2D eigenvalue weighted by Crippen LogP contribution is -2.30. The molecular formula is C61H100O6. The van der Waals surface area contributed by atoms with E-state index in [4.69, 9.17) is 14.2 Å². The standard InChI is InChI=1S/C61H100O6/c1-4-7-10-13-16-19-22-25-28-30-33-35-38-41-44-47-50-53-59(62)65-56-58(67-61(64)55-52-49-46-43-40-37-32-27-24-21-18-15-12-9-6-3)57-66-60(63)54-51-48-45-42-39-36-34-31-29-26-23-20-17-14-11-8-5-2/h7-8,10-11,16-17,19-21,24-26,28-29,33-36,58H,4-6,9,12-15,18,22-23,27,30-32,37-57H2,1-3H3/b10-7-,11-8-,19-16-,20-17-,24-21-,28-25-,29-26-,35-33-,36-34-. The minimum absolute atomic E-state index is 0.102. The van der Waals surface area contributed by atoms with Gasteiger partial charge in [-0.15, -0.1) is 0 Å². The van der Waals surface area contributed by atoms with E-state index in [1.165, 1.54) is 64.2 Å². The van der Waals surface area contributed by atoms with Gasteiger partial charge in [0.15, 0.2) is 6.10 Å². The van der Waals surface area contributed by atoms with Crippen LogP contribution in [0.3, 0.4) is 0 Å². The van der Waals surface area contributed by atoms with E-state index in [1.807, 2.05) is 0 Å². The molecule has 0 aliphatic rings. The molecule has 0 rings (SSSR count). The molecule has 0 bridgehead atoms. The van der Waals surface area contributed by atoms with Crippen LogP contribution in [0.2, 0.25) is 0 Å². The molecule has 0 saturated carbocycles. The summed E-state index contributed by atoms with van der Waals surface area (Å²) in [6.07, 6.45) is 73.5. The number of allylic oxidation sites excluding steroid dienone is 18. The molecule has 0 saturated heterocycles. The number of hydrogen-bond acceptors (Lipinski definition) is 6. The second kappa shape index (κ2) is 54.7. The highest BCUT2D eigenvalue weighted by Gasteiger charge is 2.19. The third-order valence-corrected chi connectivity index (χ3v) is 11.2. The van der Waals surface area contributed by atoms with E-state index in [0.29, 0.717) is 19.3 Å². The first-order valence-corrected chi connectivity index (χ1v) is 27.4. The molecule has 380 valence electrons. The Hall–Kier alpha value is -3.93. The van der Waals surface area contributed by atoms with Crippen LogP contribution >= 0.6 is 0 Å². The highest BCUT2D eigenvalue weighted by atomic mass is 16.6. The maximum atomic E-state index is 12.8. The Morgan fingerprint density at radius 2 is 0.582 bits per heavy atom. The van der Waals surface area contributed by atoms with Gasteiger partial charge in [0.1, 0.15) is 13.2 Å². The number of rotatable bonds is 48. The normalized spacial score (nSPS) is 12.5. The molecule has 0 N–H and O–H groups in total. The Morgan fingerprint density at radius 1 is 0.313 bits per heavy atom. The van der Waals surface area contributed by atoms with Crippen LogP contribution < -0.4 is 0 Å². The SMILES string of the molecule is CC/C=C\C/C=C\C/C=C\C/C=C\CCCCCCC(=O)OCC(COC(=O)CCCCCC/C=C\C/C=C\C/C=C\C/C=C\CC)OC(=O)CCCCCCCCC/C=C\CCCCCC. The van der Waals surface area contributed by atoms with Crippen LogP contribution in [0.4, 0.5) is 0 Å². The minimum atomic E-state index is -0.803. The summed E-state index contributed by atoms with van der Waals surface area (Å²) in [6.45, 7) is 6.35. The van der Waals surface area contributed by atoms with Gasteiger partial charge in [-0.1, -0.05) is 207 Å². The van der Waals surface area contributed by atoms with Gasteiger partial charge in [-0.25, -0.2) is 0 Å². The lowest BCUT2D eigenvalue weighted by atomic mass is 10.1. The van der Waals surface area contributed by atoms with Crippen molar-refractivity contribution in [3.63, 3.8) is 0 Å². The van der Waals surface area contributed by atoms with Crippen LogP contribution in [0.25, 0.3) is 0 Å². The summed E-state index contributed by atoms with van der Waals surface area (Å²) in [5.74, 6) is -0.954. The summed E-state index contributed by atoms with van der Waals surface area (Å²) in [6, 6.07) is 0. The monoisotopic (exact) mass is 929 g/mol. The zero-order valence-electron chi connectivity index (χ0n) is 43.4. The highest BCUT2D eigenvalue weighted by Crippen LogP contribution is 2.14. The van der Waals surface area contributed by atoms with Crippen molar-refractivity contribution < 1.29 is 28.6 Å². The first-order valence-electron chi connectivity index (χ1n) is 27.4. The van der Waals surface area contributed by atoms with Crippen molar-refractivity contribution in [2.45, 2.75) is 245 Å². The Bertz CT molecular complexity index is 1310. The molecule has 6 heteroatoms. The molecule has 0 aliphatic heterocycles. The summed E-state index contributed by atoms with van der Waals surface area (Å²) in [5, 5.41) is 0. The third kappa shape index (κ3) is 52.9. The average molecular weight is 929 g/mol. The van der Waals surface area contributed by atoms with Crippen molar-refractivity contribution in [3.05, 3.63) is 109 Å². The topological polar surface area (TPSA) is 78.9 Å². The number of hydrogen-bond donors (Lipinski definition) is 0. The van der Waals surface area contributed by atoms with Crippen molar-refractivity contribution in [1.82, 2.24) is 0 Å². The summed E-state index contributed by atoms with van der Waals surface area (Å²) in [4.78, 5) is 38.1. The van der Waals surface area contributed by atoms with Gasteiger partial charge >= 0.3 is 17.9 Å². The molecule has 6 nitrogen and oxygen atoms in total. The van der Waals surface area contributed by atoms with E-state index in [2.05, 4.69) is 130 Å². The van der Waals surface area contributed by atoms with Crippen LogP contribution in [0.15, 0.2) is 109 Å². The summed E-state index contributed by atoms with van der Waals surface area (Å²) < 4.78 is 16.8.